The molecule has 0 N–H and O–H groups in total. The quantitative estimate of drug-likeness (QED) is 0.627. The fraction of sp³-hybridized carbons (Fsp3) is 0.133. The first kappa shape index (κ1) is 11.1. The van der Waals surface area contributed by atoms with Crippen LogP contribution in [-0.4, -0.2) is 9.38 Å². The number of para-hydroxylation sites is 1. The van der Waals surface area contributed by atoms with E-state index in [0.717, 1.165) is 38.5 Å². The zero-order valence-electron chi connectivity index (χ0n) is 10.4. The molecule has 0 atom stereocenters. The Labute approximate surface area is 119 Å². The molecule has 3 aromatic rings. The SMILES string of the molecule is Cc1c(Br)ccc2nc3c(n12)COc1ccccc1-3. The van der Waals surface area contributed by atoms with E-state index in [2.05, 4.69) is 33.3 Å². The molecule has 2 aromatic heterocycles. The molecule has 0 radical (unpaired) electrons. The molecule has 0 fully saturated rings. The van der Waals surface area contributed by atoms with Gasteiger partial charge < -0.3 is 4.74 Å². The lowest BCUT2D eigenvalue weighted by molar-refractivity contribution is 0.296. The molecule has 0 saturated heterocycles. The maximum absolute atomic E-state index is 5.84. The molecule has 1 aliphatic heterocycles. The average Bonchev–Trinajstić information content (AvgIpc) is 2.82. The summed E-state index contributed by atoms with van der Waals surface area (Å²) in [5.41, 5.74) is 5.33. The summed E-state index contributed by atoms with van der Waals surface area (Å²) in [5.74, 6) is 0.912. The van der Waals surface area contributed by atoms with Crippen LogP contribution < -0.4 is 4.74 Å². The topological polar surface area (TPSA) is 26.5 Å². The Morgan fingerprint density at radius 1 is 1.21 bits per heavy atom. The summed E-state index contributed by atoms with van der Waals surface area (Å²) < 4.78 is 9.08. The van der Waals surface area contributed by atoms with Crippen molar-refractivity contribution >= 4 is 21.6 Å². The Bertz CT molecular complexity index is 807. The molecule has 0 saturated carbocycles. The van der Waals surface area contributed by atoms with Crippen LogP contribution in [0.4, 0.5) is 0 Å². The number of hydrogen-bond acceptors (Lipinski definition) is 2. The van der Waals surface area contributed by atoms with Gasteiger partial charge in [-0.3, -0.25) is 4.40 Å². The van der Waals surface area contributed by atoms with Crippen molar-refractivity contribution in [3.8, 4) is 17.0 Å². The molecule has 3 nitrogen and oxygen atoms in total. The smallest absolute Gasteiger partial charge is 0.138 e. The van der Waals surface area contributed by atoms with Gasteiger partial charge in [0, 0.05) is 15.7 Å². The van der Waals surface area contributed by atoms with Crippen LogP contribution in [0.5, 0.6) is 5.75 Å². The Hall–Kier alpha value is -1.81. The van der Waals surface area contributed by atoms with Crippen molar-refractivity contribution in [1.82, 2.24) is 9.38 Å². The van der Waals surface area contributed by atoms with E-state index in [1.165, 1.54) is 0 Å². The maximum atomic E-state index is 5.84. The third kappa shape index (κ3) is 1.46. The van der Waals surface area contributed by atoms with Crippen LogP contribution in [0.1, 0.15) is 11.4 Å². The van der Waals surface area contributed by atoms with Crippen molar-refractivity contribution < 1.29 is 4.74 Å². The highest BCUT2D eigenvalue weighted by atomic mass is 79.9. The van der Waals surface area contributed by atoms with Crippen LogP contribution >= 0.6 is 15.9 Å². The molecule has 0 spiro atoms. The van der Waals surface area contributed by atoms with Crippen molar-refractivity contribution in [2.24, 2.45) is 0 Å². The number of imidazole rings is 1. The van der Waals surface area contributed by atoms with E-state index >= 15 is 0 Å². The van der Waals surface area contributed by atoms with E-state index in [-0.39, 0.29) is 0 Å². The molecular formula is C15H11BrN2O. The van der Waals surface area contributed by atoms with Gasteiger partial charge in [0.15, 0.2) is 0 Å². The Balaban J connectivity index is 2.11. The Morgan fingerprint density at radius 2 is 2.05 bits per heavy atom. The van der Waals surface area contributed by atoms with Crippen molar-refractivity contribution in [2.45, 2.75) is 13.5 Å². The summed E-state index contributed by atoms with van der Waals surface area (Å²) in [6.07, 6.45) is 0. The summed E-state index contributed by atoms with van der Waals surface area (Å²) in [4.78, 5) is 4.76. The first-order valence-corrected chi connectivity index (χ1v) is 6.93. The number of rotatable bonds is 0. The van der Waals surface area contributed by atoms with Crippen LogP contribution in [0.25, 0.3) is 16.9 Å². The van der Waals surface area contributed by atoms with Crippen molar-refractivity contribution in [3.63, 3.8) is 0 Å². The van der Waals surface area contributed by atoms with Gasteiger partial charge in [0.25, 0.3) is 0 Å². The van der Waals surface area contributed by atoms with E-state index in [1.807, 2.05) is 30.3 Å². The summed E-state index contributed by atoms with van der Waals surface area (Å²) >= 11 is 3.57. The van der Waals surface area contributed by atoms with E-state index in [0.29, 0.717) is 6.61 Å². The van der Waals surface area contributed by atoms with Gasteiger partial charge in [-0.05, 0) is 47.1 Å². The molecule has 0 amide bonds. The summed E-state index contributed by atoms with van der Waals surface area (Å²) in [6, 6.07) is 12.1. The second kappa shape index (κ2) is 3.84. The zero-order valence-corrected chi connectivity index (χ0v) is 11.9. The zero-order chi connectivity index (χ0) is 13.0. The molecule has 0 bridgehead atoms. The Morgan fingerprint density at radius 3 is 2.95 bits per heavy atom. The number of pyridine rings is 1. The van der Waals surface area contributed by atoms with Crippen LogP contribution in [-0.2, 0) is 6.61 Å². The van der Waals surface area contributed by atoms with Crippen LogP contribution in [0.15, 0.2) is 40.9 Å². The fourth-order valence-electron chi connectivity index (χ4n) is 2.62. The standard InChI is InChI=1S/C15H11BrN2O/c1-9-11(16)6-7-14-17-15-10-4-2-3-5-13(10)19-8-12(15)18(9)14/h2-7H,8H2,1H3. The number of halogens is 1. The lowest BCUT2D eigenvalue weighted by atomic mass is 10.1. The number of benzene rings is 1. The van der Waals surface area contributed by atoms with Gasteiger partial charge >= 0.3 is 0 Å². The molecule has 94 valence electrons. The highest BCUT2D eigenvalue weighted by Crippen LogP contribution is 2.37. The molecule has 3 heterocycles. The van der Waals surface area contributed by atoms with Gasteiger partial charge in [0.05, 0.1) is 11.4 Å². The highest BCUT2D eigenvalue weighted by Gasteiger charge is 2.23. The molecule has 1 aromatic carbocycles. The Kier molecular flexibility index (Phi) is 2.23. The molecule has 1 aliphatic rings. The lowest BCUT2D eigenvalue weighted by Gasteiger charge is -2.17. The molecule has 4 heteroatoms. The largest absolute Gasteiger partial charge is 0.487 e. The number of nitrogens with zero attached hydrogens (tertiary/aromatic N) is 2. The predicted molar refractivity (Wildman–Crippen MR) is 77.4 cm³/mol. The predicted octanol–water partition coefficient (Wildman–Crippen LogP) is 3.96. The van der Waals surface area contributed by atoms with E-state index < -0.39 is 0 Å². The number of aryl methyl sites for hydroxylation is 1. The fourth-order valence-corrected chi connectivity index (χ4v) is 2.93. The molecule has 4 rings (SSSR count). The second-order valence-corrected chi connectivity index (χ2v) is 5.51. The van der Waals surface area contributed by atoms with Gasteiger partial charge in [-0.2, -0.15) is 0 Å². The van der Waals surface area contributed by atoms with Crippen LogP contribution in [0.3, 0.4) is 0 Å². The molecule has 0 unspecified atom stereocenters. The summed E-state index contributed by atoms with van der Waals surface area (Å²) in [7, 11) is 0. The average molecular weight is 315 g/mol. The second-order valence-electron chi connectivity index (χ2n) is 4.65. The minimum atomic E-state index is 0.560. The first-order chi connectivity index (χ1) is 9.25. The molecular weight excluding hydrogens is 304 g/mol. The first-order valence-electron chi connectivity index (χ1n) is 6.14. The third-order valence-electron chi connectivity index (χ3n) is 3.57. The van der Waals surface area contributed by atoms with E-state index in [9.17, 15) is 0 Å². The minimum Gasteiger partial charge on any atom is -0.487 e. The van der Waals surface area contributed by atoms with Gasteiger partial charge in [-0.15, -0.1) is 0 Å². The van der Waals surface area contributed by atoms with E-state index in [1.54, 1.807) is 0 Å². The summed E-state index contributed by atoms with van der Waals surface area (Å²) in [6.45, 7) is 2.64. The van der Waals surface area contributed by atoms with Crippen LogP contribution in [0, 0.1) is 6.92 Å². The number of ether oxygens (including phenoxy) is 1. The number of hydrogen-bond donors (Lipinski definition) is 0. The van der Waals surface area contributed by atoms with E-state index in [4.69, 9.17) is 9.72 Å². The van der Waals surface area contributed by atoms with Gasteiger partial charge in [-0.1, -0.05) is 12.1 Å². The number of aromatic nitrogens is 2. The van der Waals surface area contributed by atoms with Gasteiger partial charge in [-0.25, -0.2) is 4.98 Å². The monoisotopic (exact) mass is 314 g/mol. The van der Waals surface area contributed by atoms with Crippen molar-refractivity contribution in [1.29, 1.82) is 0 Å². The summed E-state index contributed by atoms with van der Waals surface area (Å²) in [5, 5.41) is 0. The van der Waals surface area contributed by atoms with Gasteiger partial charge in [0.1, 0.15) is 18.0 Å². The van der Waals surface area contributed by atoms with Crippen LogP contribution in [0.2, 0.25) is 0 Å². The van der Waals surface area contributed by atoms with Crippen molar-refractivity contribution in [2.75, 3.05) is 0 Å². The van der Waals surface area contributed by atoms with Crippen molar-refractivity contribution in [3.05, 3.63) is 52.3 Å². The normalized spacial score (nSPS) is 12.9. The lowest BCUT2D eigenvalue weighted by Crippen LogP contribution is -2.08. The van der Waals surface area contributed by atoms with Gasteiger partial charge in [0.2, 0.25) is 0 Å². The minimum absolute atomic E-state index is 0.560. The highest BCUT2D eigenvalue weighted by molar-refractivity contribution is 9.10. The maximum Gasteiger partial charge on any atom is 0.138 e. The number of fused-ring (bicyclic) bond motifs is 5. The molecule has 0 aliphatic carbocycles. The third-order valence-corrected chi connectivity index (χ3v) is 4.40. The molecule has 19 heavy (non-hydrogen) atoms.